The lowest BCUT2D eigenvalue weighted by molar-refractivity contribution is 0.813. The lowest BCUT2D eigenvalue weighted by atomic mass is 10.2. The second-order valence-electron chi connectivity index (χ2n) is 4.79. The molecule has 0 radical (unpaired) electrons. The monoisotopic (exact) mass is 370 g/mol. The van der Waals surface area contributed by atoms with E-state index in [1.807, 2.05) is 59.3 Å². The van der Waals surface area contributed by atoms with Gasteiger partial charge in [0.25, 0.3) is 0 Å². The average Bonchev–Trinajstić information content (AvgIpc) is 3.00. The fraction of sp³-hybridized carbons (Fsp3) is 0.0625. The molecule has 108 valence electrons. The molecule has 0 N–H and O–H groups in total. The molecule has 4 rings (SSSR count). The van der Waals surface area contributed by atoms with Gasteiger partial charge in [-0.15, -0.1) is 5.10 Å². The van der Waals surface area contributed by atoms with Crippen molar-refractivity contribution in [2.45, 2.75) is 5.16 Å². The lowest BCUT2D eigenvalue weighted by Gasteiger charge is -2.02. The topological polar surface area (TPSA) is 43.1 Å². The summed E-state index contributed by atoms with van der Waals surface area (Å²) < 4.78 is 2.86. The summed E-state index contributed by atoms with van der Waals surface area (Å²) in [5.74, 6) is 0.709. The van der Waals surface area contributed by atoms with Crippen LogP contribution < -0.4 is 0 Å². The number of hydrogen-bond acceptors (Lipinski definition) is 4. The fourth-order valence-corrected chi connectivity index (χ4v) is 3.14. The Morgan fingerprint density at radius 3 is 2.55 bits per heavy atom. The molecule has 2 aromatic carbocycles. The highest BCUT2D eigenvalue weighted by molar-refractivity contribution is 9.10. The minimum atomic E-state index is 0.709. The Bertz CT molecular complexity index is 979. The van der Waals surface area contributed by atoms with E-state index in [0.717, 1.165) is 31.7 Å². The molecule has 0 aliphatic carbocycles. The van der Waals surface area contributed by atoms with Gasteiger partial charge >= 0.3 is 0 Å². The summed E-state index contributed by atoms with van der Waals surface area (Å²) in [5.41, 5.74) is 2.77. The summed E-state index contributed by atoms with van der Waals surface area (Å²) in [5, 5.41) is 6.49. The van der Waals surface area contributed by atoms with E-state index in [9.17, 15) is 0 Å². The Balaban J connectivity index is 2.03. The second-order valence-corrected chi connectivity index (χ2v) is 6.48. The molecular weight excluding hydrogens is 360 g/mol. The van der Waals surface area contributed by atoms with Crippen LogP contribution in [0.25, 0.3) is 27.9 Å². The molecule has 0 amide bonds. The van der Waals surface area contributed by atoms with Crippen LogP contribution in [0, 0.1) is 0 Å². The molecule has 2 aromatic heterocycles. The van der Waals surface area contributed by atoms with Gasteiger partial charge in [-0.3, -0.25) is 0 Å². The number of nitrogens with zero attached hydrogens (tertiary/aromatic N) is 4. The van der Waals surface area contributed by atoms with Crippen LogP contribution in [0.3, 0.4) is 0 Å². The third-order valence-corrected chi connectivity index (χ3v) is 4.59. The molecular formula is C16H11BrN4S. The van der Waals surface area contributed by atoms with Crippen LogP contribution >= 0.6 is 27.7 Å². The standard InChI is InChI=1S/C16H11BrN4S/c1-22-16-18-13-5-3-2-4-12(13)15-19-14(20-21(15)16)10-6-8-11(17)9-7-10/h2-9H,1H3. The maximum Gasteiger partial charge on any atom is 0.191 e. The van der Waals surface area contributed by atoms with Crippen LogP contribution in [0.1, 0.15) is 0 Å². The van der Waals surface area contributed by atoms with Crippen molar-refractivity contribution in [3.8, 4) is 11.4 Å². The van der Waals surface area contributed by atoms with Crippen LogP contribution in [-0.2, 0) is 0 Å². The first-order chi connectivity index (χ1) is 10.8. The van der Waals surface area contributed by atoms with Crippen molar-refractivity contribution in [3.63, 3.8) is 0 Å². The number of fused-ring (bicyclic) bond motifs is 3. The number of aromatic nitrogens is 4. The first kappa shape index (κ1) is 13.7. The van der Waals surface area contributed by atoms with E-state index >= 15 is 0 Å². The lowest BCUT2D eigenvalue weighted by Crippen LogP contribution is -1.97. The van der Waals surface area contributed by atoms with Crippen LogP contribution in [-0.4, -0.2) is 25.8 Å². The fourth-order valence-electron chi connectivity index (χ4n) is 2.38. The van der Waals surface area contributed by atoms with Gasteiger partial charge in [0.05, 0.1) is 5.52 Å². The summed E-state index contributed by atoms with van der Waals surface area (Å²) in [6, 6.07) is 16.0. The molecule has 4 nitrogen and oxygen atoms in total. The van der Waals surface area contributed by atoms with E-state index in [4.69, 9.17) is 4.98 Å². The van der Waals surface area contributed by atoms with Gasteiger partial charge in [0.1, 0.15) is 0 Å². The summed E-state index contributed by atoms with van der Waals surface area (Å²) in [7, 11) is 0. The van der Waals surface area contributed by atoms with Crippen molar-refractivity contribution in [1.29, 1.82) is 0 Å². The van der Waals surface area contributed by atoms with E-state index in [0.29, 0.717) is 5.82 Å². The Morgan fingerprint density at radius 1 is 1.00 bits per heavy atom. The van der Waals surface area contributed by atoms with Crippen molar-refractivity contribution in [3.05, 3.63) is 53.0 Å². The normalized spacial score (nSPS) is 11.4. The molecule has 0 bridgehead atoms. The van der Waals surface area contributed by atoms with E-state index in [2.05, 4.69) is 26.0 Å². The molecule has 0 spiro atoms. The highest BCUT2D eigenvalue weighted by Crippen LogP contribution is 2.25. The van der Waals surface area contributed by atoms with E-state index in [1.54, 1.807) is 11.8 Å². The highest BCUT2D eigenvalue weighted by Gasteiger charge is 2.13. The van der Waals surface area contributed by atoms with Gasteiger partial charge in [-0.1, -0.05) is 52.0 Å². The molecule has 22 heavy (non-hydrogen) atoms. The zero-order valence-corrected chi connectivity index (χ0v) is 14.1. The van der Waals surface area contributed by atoms with Gasteiger partial charge in [-0.25, -0.2) is 9.97 Å². The van der Waals surface area contributed by atoms with E-state index < -0.39 is 0 Å². The first-order valence-electron chi connectivity index (χ1n) is 6.72. The average molecular weight is 371 g/mol. The van der Waals surface area contributed by atoms with Crippen molar-refractivity contribution in [1.82, 2.24) is 19.6 Å². The smallest absolute Gasteiger partial charge is 0.191 e. The highest BCUT2D eigenvalue weighted by atomic mass is 79.9. The minimum absolute atomic E-state index is 0.709. The Hall–Kier alpha value is -1.92. The Kier molecular flexibility index (Phi) is 3.35. The number of para-hydroxylation sites is 1. The zero-order chi connectivity index (χ0) is 15.1. The van der Waals surface area contributed by atoms with E-state index in [-0.39, 0.29) is 0 Å². The van der Waals surface area contributed by atoms with Gasteiger partial charge in [0.15, 0.2) is 16.6 Å². The van der Waals surface area contributed by atoms with Gasteiger partial charge in [-0.2, -0.15) is 4.52 Å². The molecule has 0 unspecified atom stereocenters. The van der Waals surface area contributed by atoms with Gasteiger partial charge in [0, 0.05) is 15.4 Å². The maximum absolute atomic E-state index is 4.73. The predicted molar refractivity (Wildman–Crippen MR) is 93.2 cm³/mol. The number of hydrogen-bond donors (Lipinski definition) is 0. The maximum atomic E-state index is 4.73. The molecule has 0 aliphatic rings. The van der Waals surface area contributed by atoms with Crippen molar-refractivity contribution in [2.75, 3.05) is 6.26 Å². The molecule has 0 saturated heterocycles. The summed E-state index contributed by atoms with van der Waals surface area (Å²) in [4.78, 5) is 9.39. The van der Waals surface area contributed by atoms with Gasteiger partial charge in [-0.05, 0) is 30.5 Å². The SMILES string of the molecule is CSc1nc2ccccc2c2nc(-c3ccc(Br)cc3)nn12. The van der Waals surface area contributed by atoms with Crippen LogP contribution in [0.5, 0.6) is 0 Å². The van der Waals surface area contributed by atoms with Gasteiger partial charge < -0.3 is 0 Å². The zero-order valence-electron chi connectivity index (χ0n) is 11.7. The number of rotatable bonds is 2. The largest absolute Gasteiger partial charge is 0.222 e. The molecule has 0 fully saturated rings. The Labute approximate surface area is 139 Å². The molecule has 0 saturated carbocycles. The van der Waals surface area contributed by atoms with Gasteiger partial charge in [0.2, 0.25) is 0 Å². The van der Waals surface area contributed by atoms with E-state index in [1.165, 1.54) is 0 Å². The number of benzene rings is 2. The molecule has 4 aromatic rings. The third kappa shape index (κ3) is 2.19. The van der Waals surface area contributed by atoms with Crippen LogP contribution in [0.2, 0.25) is 0 Å². The molecule has 6 heteroatoms. The number of halogens is 1. The molecule has 2 heterocycles. The van der Waals surface area contributed by atoms with Crippen molar-refractivity contribution >= 4 is 44.2 Å². The van der Waals surface area contributed by atoms with Crippen LogP contribution in [0.15, 0.2) is 58.2 Å². The summed E-state index contributed by atoms with van der Waals surface area (Å²) in [6.45, 7) is 0. The number of thioether (sulfide) groups is 1. The minimum Gasteiger partial charge on any atom is -0.222 e. The predicted octanol–water partition coefficient (Wildman–Crippen LogP) is 4.43. The second kappa shape index (κ2) is 5.37. The third-order valence-electron chi connectivity index (χ3n) is 3.43. The molecule has 0 atom stereocenters. The Morgan fingerprint density at radius 2 is 1.77 bits per heavy atom. The quantitative estimate of drug-likeness (QED) is 0.386. The summed E-state index contributed by atoms with van der Waals surface area (Å²) in [6.07, 6.45) is 2.00. The summed E-state index contributed by atoms with van der Waals surface area (Å²) >= 11 is 5.01. The molecule has 0 aliphatic heterocycles. The van der Waals surface area contributed by atoms with Crippen LogP contribution in [0.4, 0.5) is 0 Å². The van der Waals surface area contributed by atoms with Crippen molar-refractivity contribution in [2.24, 2.45) is 0 Å². The first-order valence-corrected chi connectivity index (χ1v) is 8.73. The van der Waals surface area contributed by atoms with Crippen molar-refractivity contribution < 1.29 is 0 Å².